The molecule has 1 aromatic carbocycles. The molecule has 3 amide bonds. The van der Waals surface area contributed by atoms with E-state index in [2.05, 4.69) is 26.1 Å². The van der Waals surface area contributed by atoms with Crippen LogP contribution in [0.2, 0.25) is 0 Å². The fraction of sp³-hybridized carbons (Fsp3) is 0.522. The second-order valence-electron chi connectivity index (χ2n) is 8.23. The third-order valence-electron chi connectivity index (χ3n) is 5.60. The van der Waals surface area contributed by atoms with Gasteiger partial charge < -0.3 is 25.2 Å². The van der Waals surface area contributed by atoms with Gasteiger partial charge in [0.15, 0.2) is 12.4 Å². The Balaban J connectivity index is 1.57. The minimum atomic E-state index is -0.610. The fourth-order valence-corrected chi connectivity index (χ4v) is 3.95. The molecule has 0 atom stereocenters. The number of amides is 3. The molecule has 1 aliphatic rings. The van der Waals surface area contributed by atoms with Crippen LogP contribution in [-0.4, -0.2) is 41.5 Å². The van der Waals surface area contributed by atoms with Crippen molar-refractivity contribution in [3.63, 3.8) is 0 Å². The average molecular weight is 458 g/mol. The lowest BCUT2D eigenvalue weighted by atomic mass is 9.89. The van der Waals surface area contributed by atoms with E-state index in [1.165, 1.54) is 14.0 Å². The standard InChI is InChI=1S/C23H31N5O5/c1-16(29)27-23(12-5-3-4-6-13-23)22-26-21(33-28-22)11-10-19(30)25-17-8-7-9-18(14-17)32-15-20(31)24-2/h7-9,14H,3-6,10-13,15H2,1-2H3,(H,24,31)(H,25,30)(H,27,29). The Morgan fingerprint density at radius 3 is 2.58 bits per heavy atom. The number of aromatic nitrogens is 2. The van der Waals surface area contributed by atoms with Crippen molar-refractivity contribution in [1.29, 1.82) is 0 Å². The number of likely N-dealkylation sites (N-methyl/N-ethyl adjacent to an activating group) is 1. The van der Waals surface area contributed by atoms with Gasteiger partial charge in [0.25, 0.3) is 5.91 Å². The van der Waals surface area contributed by atoms with Crippen LogP contribution in [0.25, 0.3) is 0 Å². The van der Waals surface area contributed by atoms with Gasteiger partial charge in [-0.15, -0.1) is 0 Å². The minimum absolute atomic E-state index is 0.104. The number of ether oxygens (including phenoxy) is 1. The molecule has 178 valence electrons. The number of aryl methyl sites for hydroxylation is 1. The zero-order valence-electron chi connectivity index (χ0n) is 19.1. The van der Waals surface area contributed by atoms with Crippen LogP contribution in [0.15, 0.2) is 28.8 Å². The molecule has 0 spiro atoms. The van der Waals surface area contributed by atoms with Crippen LogP contribution in [0.5, 0.6) is 5.75 Å². The highest BCUT2D eigenvalue weighted by Gasteiger charge is 2.38. The molecule has 0 saturated heterocycles. The number of nitrogens with one attached hydrogen (secondary N) is 3. The molecule has 0 aliphatic heterocycles. The first-order chi connectivity index (χ1) is 15.9. The molecule has 1 fully saturated rings. The predicted octanol–water partition coefficient (Wildman–Crippen LogP) is 2.45. The summed E-state index contributed by atoms with van der Waals surface area (Å²) in [5.74, 6) is 0.735. The Labute approximate surface area is 192 Å². The lowest BCUT2D eigenvalue weighted by molar-refractivity contribution is -0.123. The summed E-state index contributed by atoms with van der Waals surface area (Å²) < 4.78 is 10.8. The van der Waals surface area contributed by atoms with Crippen molar-refractivity contribution in [3.05, 3.63) is 36.0 Å². The summed E-state index contributed by atoms with van der Waals surface area (Å²) in [6.07, 6.45) is 6.17. The van der Waals surface area contributed by atoms with E-state index in [0.717, 1.165) is 38.5 Å². The zero-order valence-corrected chi connectivity index (χ0v) is 19.1. The Hall–Kier alpha value is -3.43. The second-order valence-corrected chi connectivity index (χ2v) is 8.23. The lowest BCUT2D eigenvalue weighted by Gasteiger charge is -2.30. The monoisotopic (exact) mass is 457 g/mol. The van der Waals surface area contributed by atoms with Crippen molar-refractivity contribution < 1.29 is 23.6 Å². The van der Waals surface area contributed by atoms with E-state index in [1.54, 1.807) is 24.3 Å². The van der Waals surface area contributed by atoms with Gasteiger partial charge in [0, 0.05) is 38.6 Å². The van der Waals surface area contributed by atoms with Crippen molar-refractivity contribution in [1.82, 2.24) is 20.8 Å². The highest BCUT2D eigenvalue weighted by molar-refractivity contribution is 5.91. The number of hydrogen-bond donors (Lipinski definition) is 3. The Morgan fingerprint density at radius 2 is 1.88 bits per heavy atom. The van der Waals surface area contributed by atoms with Crippen LogP contribution >= 0.6 is 0 Å². The number of hydrogen-bond acceptors (Lipinski definition) is 7. The van der Waals surface area contributed by atoms with E-state index in [4.69, 9.17) is 9.26 Å². The van der Waals surface area contributed by atoms with E-state index in [0.29, 0.717) is 23.2 Å². The van der Waals surface area contributed by atoms with Gasteiger partial charge >= 0.3 is 0 Å². The predicted molar refractivity (Wildman–Crippen MR) is 120 cm³/mol. The highest BCUT2D eigenvalue weighted by atomic mass is 16.5. The molecule has 2 aromatic rings. The lowest BCUT2D eigenvalue weighted by Crippen LogP contribution is -2.45. The van der Waals surface area contributed by atoms with Crippen LogP contribution in [0.3, 0.4) is 0 Å². The fourth-order valence-electron chi connectivity index (χ4n) is 3.95. The maximum absolute atomic E-state index is 12.4. The quantitative estimate of drug-likeness (QED) is 0.492. The zero-order chi connectivity index (χ0) is 23.7. The average Bonchev–Trinajstić information content (AvgIpc) is 3.16. The maximum atomic E-state index is 12.4. The first-order valence-corrected chi connectivity index (χ1v) is 11.3. The molecule has 10 nitrogen and oxygen atoms in total. The summed E-state index contributed by atoms with van der Waals surface area (Å²) in [7, 11) is 1.53. The van der Waals surface area contributed by atoms with Gasteiger partial charge in [-0.2, -0.15) is 4.98 Å². The van der Waals surface area contributed by atoms with Gasteiger partial charge in [-0.1, -0.05) is 36.9 Å². The molecule has 10 heteroatoms. The smallest absolute Gasteiger partial charge is 0.257 e. The summed E-state index contributed by atoms with van der Waals surface area (Å²) in [6.45, 7) is 1.39. The Kier molecular flexibility index (Phi) is 8.39. The van der Waals surface area contributed by atoms with E-state index in [-0.39, 0.29) is 37.2 Å². The number of carbonyl (C=O) groups is 3. The Bertz CT molecular complexity index is 966. The summed E-state index contributed by atoms with van der Waals surface area (Å²) in [4.78, 5) is 40.1. The van der Waals surface area contributed by atoms with Crippen molar-refractivity contribution in [2.75, 3.05) is 19.0 Å². The number of rotatable bonds is 9. The molecule has 1 heterocycles. The molecule has 1 aromatic heterocycles. The third-order valence-corrected chi connectivity index (χ3v) is 5.60. The number of anilines is 1. The second kappa shape index (κ2) is 11.4. The third kappa shape index (κ3) is 7.03. The summed E-state index contributed by atoms with van der Waals surface area (Å²) in [5.41, 5.74) is -0.0507. The van der Waals surface area contributed by atoms with Crippen molar-refractivity contribution in [2.45, 2.75) is 63.8 Å². The Morgan fingerprint density at radius 1 is 1.12 bits per heavy atom. The molecule has 3 rings (SSSR count). The van der Waals surface area contributed by atoms with Crippen LogP contribution in [-0.2, 0) is 26.3 Å². The van der Waals surface area contributed by atoms with Gasteiger partial charge in [-0.05, 0) is 25.0 Å². The molecule has 0 bridgehead atoms. The normalized spacial score (nSPS) is 15.2. The van der Waals surface area contributed by atoms with Gasteiger partial charge in [-0.3, -0.25) is 14.4 Å². The molecule has 3 N–H and O–H groups in total. The molecule has 0 radical (unpaired) electrons. The van der Waals surface area contributed by atoms with Crippen LogP contribution in [0.1, 0.15) is 63.6 Å². The first kappa shape index (κ1) is 24.2. The molecular weight excluding hydrogens is 426 g/mol. The van der Waals surface area contributed by atoms with E-state index >= 15 is 0 Å². The maximum Gasteiger partial charge on any atom is 0.257 e. The number of benzene rings is 1. The van der Waals surface area contributed by atoms with Gasteiger partial charge in [-0.25, -0.2) is 0 Å². The molecular formula is C23H31N5O5. The van der Waals surface area contributed by atoms with Crippen molar-refractivity contribution in [3.8, 4) is 5.75 Å². The van der Waals surface area contributed by atoms with E-state index in [1.807, 2.05) is 0 Å². The van der Waals surface area contributed by atoms with Crippen molar-refractivity contribution >= 4 is 23.4 Å². The van der Waals surface area contributed by atoms with Gasteiger partial charge in [0.2, 0.25) is 17.7 Å². The summed E-state index contributed by atoms with van der Waals surface area (Å²) >= 11 is 0. The largest absolute Gasteiger partial charge is 0.484 e. The van der Waals surface area contributed by atoms with E-state index < -0.39 is 5.54 Å². The summed E-state index contributed by atoms with van der Waals surface area (Å²) in [5, 5.41) is 12.5. The van der Waals surface area contributed by atoms with Crippen molar-refractivity contribution in [2.24, 2.45) is 0 Å². The molecule has 1 aliphatic carbocycles. The minimum Gasteiger partial charge on any atom is -0.484 e. The molecule has 33 heavy (non-hydrogen) atoms. The van der Waals surface area contributed by atoms with Gasteiger partial charge in [0.05, 0.1) is 0 Å². The first-order valence-electron chi connectivity index (χ1n) is 11.3. The molecule has 0 unspecified atom stereocenters. The van der Waals surface area contributed by atoms with E-state index in [9.17, 15) is 14.4 Å². The topological polar surface area (TPSA) is 135 Å². The van der Waals surface area contributed by atoms with Crippen LogP contribution < -0.4 is 20.7 Å². The number of carbonyl (C=O) groups excluding carboxylic acids is 3. The summed E-state index contributed by atoms with van der Waals surface area (Å²) in [6, 6.07) is 6.82. The highest BCUT2D eigenvalue weighted by Crippen LogP contribution is 2.34. The van der Waals surface area contributed by atoms with Crippen LogP contribution in [0, 0.1) is 0 Å². The molecule has 1 saturated carbocycles. The van der Waals surface area contributed by atoms with Gasteiger partial charge in [0.1, 0.15) is 11.3 Å². The van der Waals surface area contributed by atoms with Crippen LogP contribution in [0.4, 0.5) is 5.69 Å². The SMILES string of the molecule is CNC(=O)COc1cccc(NC(=O)CCc2nc(C3(NC(C)=O)CCCCCC3)no2)c1. The number of nitrogens with zero attached hydrogens (tertiary/aromatic N) is 2.